The van der Waals surface area contributed by atoms with Crippen molar-refractivity contribution in [1.29, 1.82) is 0 Å². The summed E-state index contributed by atoms with van der Waals surface area (Å²) in [5.41, 5.74) is 0. The van der Waals surface area contributed by atoms with E-state index < -0.39 is 6.04 Å². The first-order chi connectivity index (χ1) is 11.6. The summed E-state index contributed by atoms with van der Waals surface area (Å²) in [4.78, 5) is 28.3. The molecule has 1 atom stereocenters. The molecule has 0 aliphatic heterocycles. The first kappa shape index (κ1) is 16.9. The Morgan fingerprint density at radius 2 is 1.79 bits per heavy atom. The molecule has 2 aliphatic carbocycles. The molecule has 2 amide bonds. The van der Waals surface area contributed by atoms with Crippen LogP contribution in [0.2, 0.25) is 0 Å². The van der Waals surface area contributed by atoms with Crippen molar-refractivity contribution in [3.05, 3.63) is 6.33 Å². The van der Waals surface area contributed by atoms with Gasteiger partial charge in [0.25, 0.3) is 0 Å². The molecule has 2 N–H and O–H groups in total. The topological polar surface area (TPSA) is 88.9 Å². The smallest absolute Gasteiger partial charge is 0.249 e. The molecule has 0 bridgehead atoms. The van der Waals surface area contributed by atoms with E-state index in [2.05, 4.69) is 20.7 Å². The van der Waals surface area contributed by atoms with Crippen LogP contribution in [0.4, 0.5) is 5.95 Å². The minimum Gasteiger partial charge on any atom is -0.344 e. The number of hydrogen-bond acceptors (Lipinski definition) is 4. The minimum atomic E-state index is -0.494. The molecule has 1 aromatic rings. The Balaban J connectivity index is 1.63. The van der Waals surface area contributed by atoms with Crippen molar-refractivity contribution in [3.63, 3.8) is 0 Å². The predicted molar refractivity (Wildman–Crippen MR) is 90.3 cm³/mol. The second-order valence-corrected chi connectivity index (χ2v) is 7.05. The summed E-state index contributed by atoms with van der Waals surface area (Å²) in [6.07, 6.45) is 11.8. The molecule has 0 radical (unpaired) electrons. The van der Waals surface area contributed by atoms with Gasteiger partial charge in [-0.25, -0.2) is 9.67 Å². The van der Waals surface area contributed by atoms with E-state index in [-0.39, 0.29) is 17.7 Å². The van der Waals surface area contributed by atoms with Gasteiger partial charge in [-0.15, -0.1) is 5.10 Å². The Kier molecular flexibility index (Phi) is 5.48. The number of anilines is 1. The van der Waals surface area contributed by atoms with E-state index in [1.165, 1.54) is 26.2 Å². The lowest BCUT2D eigenvalue weighted by Gasteiger charge is -2.22. The number of nitrogens with one attached hydrogen (secondary N) is 2. The molecule has 7 nitrogen and oxygen atoms in total. The molecule has 3 rings (SSSR count). The van der Waals surface area contributed by atoms with Gasteiger partial charge in [-0.3, -0.25) is 14.9 Å². The maximum absolute atomic E-state index is 12.6. The molecule has 1 aromatic heterocycles. The average molecular weight is 333 g/mol. The maximum atomic E-state index is 12.6. The largest absolute Gasteiger partial charge is 0.344 e. The van der Waals surface area contributed by atoms with Crippen LogP contribution >= 0.6 is 0 Å². The zero-order valence-corrected chi connectivity index (χ0v) is 14.3. The monoisotopic (exact) mass is 333 g/mol. The van der Waals surface area contributed by atoms with Gasteiger partial charge in [0.2, 0.25) is 17.8 Å². The Hall–Kier alpha value is -1.92. The zero-order chi connectivity index (χ0) is 16.9. The van der Waals surface area contributed by atoms with E-state index in [9.17, 15) is 9.59 Å². The Morgan fingerprint density at radius 1 is 1.12 bits per heavy atom. The molecule has 2 fully saturated rings. The molecular formula is C17H27N5O2. The van der Waals surface area contributed by atoms with Crippen molar-refractivity contribution >= 4 is 17.8 Å². The van der Waals surface area contributed by atoms with Crippen LogP contribution in [0.25, 0.3) is 0 Å². The Labute approximate surface area is 142 Å². The number of carbonyl (C=O) groups is 2. The van der Waals surface area contributed by atoms with Gasteiger partial charge >= 0.3 is 0 Å². The van der Waals surface area contributed by atoms with Crippen molar-refractivity contribution in [1.82, 2.24) is 20.1 Å². The number of amides is 2. The van der Waals surface area contributed by atoms with Crippen LogP contribution in [0, 0.1) is 5.92 Å². The van der Waals surface area contributed by atoms with Crippen molar-refractivity contribution in [2.24, 2.45) is 5.92 Å². The summed E-state index contributed by atoms with van der Waals surface area (Å²) in [7, 11) is 0. The predicted octanol–water partition coefficient (Wildman–Crippen LogP) is 2.42. The van der Waals surface area contributed by atoms with Crippen LogP contribution in [0.3, 0.4) is 0 Å². The molecule has 1 unspecified atom stereocenters. The quantitative estimate of drug-likeness (QED) is 0.866. The van der Waals surface area contributed by atoms with Gasteiger partial charge < -0.3 is 5.32 Å². The van der Waals surface area contributed by atoms with Gasteiger partial charge in [0, 0.05) is 6.92 Å². The lowest BCUT2D eigenvalue weighted by molar-refractivity contribution is -0.126. The highest BCUT2D eigenvalue weighted by atomic mass is 16.2. The van der Waals surface area contributed by atoms with E-state index in [0.29, 0.717) is 12.0 Å². The van der Waals surface area contributed by atoms with Gasteiger partial charge in [-0.2, -0.15) is 0 Å². The van der Waals surface area contributed by atoms with Crippen LogP contribution in [0.15, 0.2) is 6.33 Å². The van der Waals surface area contributed by atoms with E-state index in [1.54, 1.807) is 6.33 Å². The number of aromatic nitrogens is 3. The number of hydrogen-bond donors (Lipinski definition) is 2. The number of carbonyl (C=O) groups excluding carboxylic acids is 2. The molecule has 0 aromatic carbocycles. The zero-order valence-electron chi connectivity index (χ0n) is 14.3. The number of rotatable bonds is 5. The lowest BCUT2D eigenvalue weighted by Crippen LogP contribution is -2.47. The fraction of sp³-hybridized carbons (Fsp3) is 0.765. The summed E-state index contributed by atoms with van der Waals surface area (Å²) in [6.45, 7) is 1.45. The standard InChI is InChI=1S/C17H27N5O2/c1-12(23)19-15(13-7-5-6-8-13)16(24)20-17-18-11-22(21-17)14-9-3-2-4-10-14/h11,13-15H,2-10H2,1H3,(H,19,23)(H,20,21,24). The molecule has 24 heavy (non-hydrogen) atoms. The summed E-state index contributed by atoms with van der Waals surface area (Å²) in [6, 6.07) is -0.107. The first-order valence-electron chi connectivity index (χ1n) is 9.12. The molecule has 132 valence electrons. The molecule has 0 saturated heterocycles. The molecule has 0 spiro atoms. The van der Waals surface area contributed by atoms with E-state index in [1.807, 2.05) is 4.68 Å². The first-order valence-corrected chi connectivity index (χ1v) is 9.12. The highest BCUT2D eigenvalue weighted by Gasteiger charge is 2.32. The molecule has 2 saturated carbocycles. The van der Waals surface area contributed by atoms with Crippen molar-refractivity contribution < 1.29 is 9.59 Å². The third-order valence-electron chi connectivity index (χ3n) is 5.20. The summed E-state index contributed by atoms with van der Waals surface area (Å²) < 4.78 is 1.87. The van der Waals surface area contributed by atoms with Gasteiger partial charge in [-0.1, -0.05) is 32.1 Å². The third-order valence-corrected chi connectivity index (χ3v) is 5.20. The van der Waals surface area contributed by atoms with Crippen LogP contribution in [-0.4, -0.2) is 32.6 Å². The van der Waals surface area contributed by atoms with Crippen LogP contribution in [0.5, 0.6) is 0 Å². The maximum Gasteiger partial charge on any atom is 0.249 e. The van der Waals surface area contributed by atoms with Crippen LogP contribution in [-0.2, 0) is 9.59 Å². The van der Waals surface area contributed by atoms with Gasteiger partial charge in [0.15, 0.2) is 0 Å². The van der Waals surface area contributed by atoms with Crippen LogP contribution < -0.4 is 10.6 Å². The second kappa shape index (κ2) is 7.77. The van der Waals surface area contributed by atoms with Gasteiger partial charge in [0.05, 0.1) is 6.04 Å². The molecule has 2 aliphatic rings. The third kappa shape index (κ3) is 4.13. The van der Waals surface area contributed by atoms with E-state index in [4.69, 9.17) is 0 Å². The van der Waals surface area contributed by atoms with Crippen molar-refractivity contribution in [2.75, 3.05) is 5.32 Å². The minimum absolute atomic E-state index is 0.178. The van der Waals surface area contributed by atoms with Gasteiger partial charge in [-0.05, 0) is 31.6 Å². The fourth-order valence-corrected chi connectivity index (χ4v) is 3.95. The normalized spacial score (nSPS) is 20.7. The number of nitrogens with zero attached hydrogens (tertiary/aromatic N) is 3. The summed E-state index contributed by atoms with van der Waals surface area (Å²) in [5, 5.41) is 10.0. The highest BCUT2D eigenvalue weighted by molar-refractivity contribution is 5.95. The van der Waals surface area contributed by atoms with Crippen molar-refractivity contribution in [2.45, 2.75) is 76.8 Å². The molecule has 1 heterocycles. The van der Waals surface area contributed by atoms with Crippen molar-refractivity contribution in [3.8, 4) is 0 Å². The molecule has 7 heteroatoms. The van der Waals surface area contributed by atoms with E-state index in [0.717, 1.165) is 38.5 Å². The summed E-state index contributed by atoms with van der Waals surface area (Å²) in [5.74, 6) is 0.148. The Morgan fingerprint density at radius 3 is 2.46 bits per heavy atom. The van der Waals surface area contributed by atoms with E-state index >= 15 is 0 Å². The van der Waals surface area contributed by atoms with Crippen LogP contribution in [0.1, 0.15) is 70.8 Å². The van der Waals surface area contributed by atoms with Gasteiger partial charge in [0.1, 0.15) is 12.4 Å². The highest BCUT2D eigenvalue weighted by Crippen LogP contribution is 2.29. The SMILES string of the molecule is CC(=O)NC(C(=O)Nc1ncn(C2CCCCC2)n1)C1CCCC1. The fourth-order valence-electron chi connectivity index (χ4n) is 3.95. The second-order valence-electron chi connectivity index (χ2n) is 7.05. The summed E-state index contributed by atoms with van der Waals surface area (Å²) >= 11 is 0. The molecular weight excluding hydrogens is 306 g/mol. The average Bonchev–Trinajstić information content (AvgIpc) is 3.25. The lowest BCUT2D eigenvalue weighted by atomic mass is 9.96. The Bertz CT molecular complexity index is 573.